The number of aryl methyl sites for hydroxylation is 1. The first-order valence-electron chi connectivity index (χ1n) is 5.12. The second kappa shape index (κ2) is 4.22. The maximum atomic E-state index is 4.53. The van der Waals surface area contributed by atoms with Gasteiger partial charge in [-0.25, -0.2) is 0 Å². The van der Waals surface area contributed by atoms with E-state index < -0.39 is 0 Å². The van der Waals surface area contributed by atoms with Gasteiger partial charge in [0, 0.05) is 12.7 Å². The first-order chi connectivity index (χ1) is 7.33. The molecule has 0 N–H and O–H groups in total. The molecule has 15 heavy (non-hydrogen) atoms. The Kier molecular flexibility index (Phi) is 2.77. The molecule has 2 heterocycles. The van der Waals surface area contributed by atoms with Crippen molar-refractivity contribution in [2.24, 2.45) is 4.99 Å². The highest BCUT2D eigenvalue weighted by atomic mass is 14.8. The molecular weight excluding hydrogens is 184 g/mol. The van der Waals surface area contributed by atoms with Crippen LogP contribution in [0.3, 0.4) is 0 Å². The van der Waals surface area contributed by atoms with Gasteiger partial charge in [0.25, 0.3) is 0 Å². The Balaban J connectivity index is 2.47. The zero-order valence-electron chi connectivity index (χ0n) is 8.90. The molecule has 2 nitrogen and oxygen atoms in total. The summed E-state index contributed by atoms with van der Waals surface area (Å²) in [5.41, 5.74) is 4.21. The van der Waals surface area contributed by atoms with E-state index in [0.717, 1.165) is 35.5 Å². The van der Waals surface area contributed by atoms with Gasteiger partial charge >= 0.3 is 0 Å². The van der Waals surface area contributed by atoms with Gasteiger partial charge in [-0.1, -0.05) is 24.8 Å². The van der Waals surface area contributed by atoms with Crippen LogP contribution in [0, 0.1) is 6.92 Å². The number of aromatic nitrogens is 1. The quantitative estimate of drug-likeness (QED) is 0.717. The van der Waals surface area contributed by atoms with Gasteiger partial charge < -0.3 is 0 Å². The van der Waals surface area contributed by atoms with Crippen molar-refractivity contribution in [3.05, 3.63) is 53.9 Å². The standard InChI is InChI=1S/C13H14N2/c1-3-11-7-5-9-15-13(11)12-10(2)6-4-8-14-12/h3-4,6-8H,1,5,9H2,2H3. The summed E-state index contributed by atoms with van der Waals surface area (Å²) in [5.74, 6) is 0. The summed E-state index contributed by atoms with van der Waals surface area (Å²) >= 11 is 0. The number of hydrogen-bond acceptors (Lipinski definition) is 2. The molecule has 1 aromatic rings. The molecule has 1 aliphatic rings. The average molecular weight is 198 g/mol. The van der Waals surface area contributed by atoms with E-state index in [1.54, 1.807) is 6.20 Å². The molecule has 1 aromatic heterocycles. The van der Waals surface area contributed by atoms with Crippen LogP contribution in [-0.4, -0.2) is 17.2 Å². The fourth-order valence-corrected chi connectivity index (χ4v) is 1.71. The Morgan fingerprint density at radius 2 is 2.33 bits per heavy atom. The first-order valence-corrected chi connectivity index (χ1v) is 5.12. The van der Waals surface area contributed by atoms with Gasteiger partial charge in [-0.3, -0.25) is 9.98 Å². The molecule has 1 aliphatic heterocycles. The van der Waals surface area contributed by atoms with Crippen molar-refractivity contribution in [3.63, 3.8) is 0 Å². The Bertz CT molecular complexity index is 442. The van der Waals surface area contributed by atoms with E-state index in [4.69, 9.17) is 0 Å². The lowest BCUT2D eigenvalue weighted by molar-refractivity contribution is 0.981. The molecule has 0 saturated carbocycles. The van der Waals surface area contributed by atoms with Crippen LogP contribution >= 0.6 is 0 Å². The third-order valence-corrected chi connectivity index (χ3v) is 2.49. The lowest BCUT2D eigenvalue weighted by Gasteiger charge is -2.13. The Morgan fingerprint density at radius 1 is 1.47 bits per heavy atom. The number of nitrogens with zero attached hydrogens (tertiary/aromatic N) is 2. The van der Waals surface area contributed by atoms with Gasteiger partial charge in [0.2, 0.25) is 0 Å². The van der Waals surface area contributed by atoms with Crippen molar-refractivity contribution in [1.29, 1.82) is 0 Å². The number of aliphatic imine (C=N–C) groups is 1. The zero-order valence-corrected chi connectivity index (χ0v) is 8.90. The number of allylic oxidation sites excluding steroid dienone is 2. The van der Waals surface area contributed by atoms with Crippen LogP contribution in [0.2, 0.25) is 0 Å². The van der Waals surface area contributed by atoms with E-state index in [-0.39, 0.29) is 0 Å². The lowest BCUT2D eigenvalue weighted by Crippen LogP contribution is -2.12. The van der Waals surface area contributed by atoms with Crippen molar-refractivity contribution in [3.8, 4) is 0 Å². The van der Waals surface area contributed by atoms with Gasteiger partial charge in [0.05, 0.1) is 11.4 Å². The summed E-state index contributed by atoms with van der Waals surface area (Å²) in [4.78, 5) is 8.91. The second-order valence-corrected chi connectivity index (χ2v) is 3.55. The summed E-state index contributed by atoms with van der Waals surface area (Å²) in [6.45, 7) is 6.72. The van der Waals surface area contributed by atoms with Crippen molar-refractivity contribution >= 4 is 5.71 Å². The molecule has 76 valence electrons. The van der Waals surface area contributed by atoms with Crippen molar-refractivity contribution in [2.45, 2.75) is 13.3 Å². The molecule has 0 aliphatic carbocycles. The van der Waals surface area contributed by atoms with E-state index >= 15 is 0 Å². The van der Waals surface area contributed by atoms with Crippen LogP contribution in [0.25, 0.3) is 0 Å². The lowest BCUT2D eigenvalue weighted by atomic mass is 10.0. The molecule has 0 aromatic carbocycles. The van der Waals surface area contributed by atoms with Crippen molar-refractivity contribution in [2.75, 3.05) is 6.54 Å². The van der Waals surface area contributed by atoms with Gasteiger partial charge in [0.1, 0.15) is 0 Å². The molecule has 0 radical (unpaired) electrons. The number of pyridine rings is 1. The smallest absolute Gasteiger partial charge is 0.0916 e. The molecule has 2 rings (SSSR count). The van der Waals surface area contributed by atoms with Crippen LogP contribution in [0.5, 0.6) is 0 Å². The molecular formula is C13H14N2. The van der Waals surface area contributed by atoms with Gasteiger partial charge in [0.15, 0.2) is 0 Å². The number of dihydropyridines is 1. The minimum absolute atomic E-state index is 0.850. The molecule has 0 atom stereocenters. The maximum absolute atomic E-state index is 4.53. The minimum Gasteiger partial charge on any atom is -0.282 e. The summed E-state index contributed by atoms with van der Waals surface area (Å²) in [5, 5.41) is 0. The summed E-state index contributed by atoms with van der Waals surface area (Å²) < 4.78 is 0. The van der Waals surface area contributed by atoms with E-state index in [2.05, 4.69) is 35.6 Å². The topological polar surface area (TPSA) is 25.2 Å². The Labute approximate surface area is 90.1 Å². The molecule has 0 fully saturated rings. The molecule has 0 amide bonds. The monoisotopic (exact) mass is 198 g/mol. The van der Waals surface area contributed by atoms with Crippen LogP contribution in [-0.2, 0) is 0 Å². The molecule has 0 unspecified atom stereocenters. The second-order valence-electron chi connectivity index (χ2n) is 3.55. The van der Waals surface area contributed by atoms with Crippen LogP contribution in [0.1, 0.15) is 17.7 Å². The fourth-order valence-electron chi connectivity index (χ4n) is 1.71. The van der Waals surface area contributed by atoms with Crippen LogP contribution in [0.15, 0.2) is 47.6 Å². The predicted molar refractivity (Wildman–Crippen MR) is 63.3 cm³/mol. The van der Waals surface area contributed by atoms with Gasteiger partial charge in [-0.2, -0.15) is 0 Å². The van der Waals surface area contributed by atoms with E-state index in [9.17, 15) is 0 Å². The normalized spacial score (nSPS) is 15.5. The highest BCUT2D eigenvalue weighted by molar-refractivity contribution is 6.14. The highest BCUT2D eigenvalue weighted by Crippen LogP contribution is 2.16. The summed E-state index contributed by atoms with van der Waals surface area (Å²) in [7, 11) is 0. The average Bonchev–Trinajstić information content (AvgIpc) is 2.30. The molecule has 2 heteroatoms. The third kappa shape index (κ3) is 1.89. The van der Waals surface area contributed by atoms with Crippen LogP contribution in [0.4, 0.5) is 0 Å². The zero-order chi connectivity index (χ0) is 10.7. The summed E-state index contributed by atoms with van der Waals surface area (Å²) in [6.07, 6.45) is 6.83. The van der Waals surface area contributed by atoms with Crippen molar-refractivity contribution in [1.82, 2.24) is 4.98 Å². The maximum Gasteiger partial charge on any atom is 0.0916 e. The van der Waals surface area contributed by atoms with Gasteiger partial charge in [-0.05, 0) is 30.5 Å². The summed E-state index contributed by atoms with van der Waals surface area (Å²) in [6, 6.07) is 4.00. The van der Waals surface area contributed by atoms with Gasteiger partial charge in [-0.15, -0.1) is 0 Å². The first kappa shape index (κ1) is 9.84. The largest absolute Gasteiger partial charge is 0.282 e. The molecule has 0 saturated heterocycles. The molecule has 0 bridgehead atoms. The van der Waals surface area contributed by atoms with Crippen molar-refractivity contribution < 1.29 is 0 Å². The predicted octanol–water partition coefficient (Wildman–Crippen LogP) is 2.70. The number of hydrogen-bond donors (Lipinski definition) is 0. The van der Waals surface area contributed by atoms with E-state index in [1.165, 1.54) is 0 Å². The van der Waals surface area contributed by atoms with E-state index in [1.807, 2.05) is 12.1 Å². The number of rotatable bonds is 2. The third-order valence-electron chi connectivity index (χ3n) is 2.49. The minimum atomic E-state index is 0.850. The van der Waals surface area contributed by atoms with Crippen LogP contribution < -0.4 is 0 Å². The molecule has 0 spiro atoms. The van der Waals surface area contributed by atoms with E-state index in [0.29, 0.717) is 0 Å². The Morgan fingerprint density at radius 3 is 3.07 bits per heavy atom. The highest BCUT2D eigenvalue weighted by Gasteiger charge is 2.13. The Hall–Kier alpha value is -1.70. The fraction of sp³-hybridized carbons (Fsp3) is 0.231. The SMILES string of the molecule is C=CC1=CCCN=C1c1ncccc1C.